The topological polar surface area (TPSA) is 41.1 Å². The van der Waals surface area contributed by atoms with Crippen LogP contribution in [0.4, 0.5) is 10.3 Å². The molecule has 4 nitrogen and oxygen atoms in total. The van der Waals surface area contributed by atoms with Gasteiger partial charge in [-0.2, -0.15) is 0 Å². The van der Waals surface area contributed by atoms with E-state index in [0.29, 0.717) is 0 Å². The van der Waals surface area contributed by atoms with Crippen LogP contribution in [0.3, 0.4) is 0 Å². The molecule has 0 saturated carbocycles. The lowest BCUT2D eigenvalue weighted by atomic mass is 10.1. The first-order valence-electron chi connectivity index (χ1n) is 8.82. The van der Waals surface area contributed by atoms with Crippen molar-refractivity contribution in [3.8, 4) is 0 Å². The predicted molar refractivity (Wildman–Crippen MR) is 99.0 cm³/mol. The third-order valence-corrected chi connectivity index (χ3v) is 3.41. The Bertz CT molecular complexity index is 549. The second-order valence-corrected chi connectivity index (χ2v) is 4.93. The van der Waals surface area contributed by atoms with Crippen LogP contribution in [0.1, 0.15) is 38.8 Å². The zero-order valence-corrected chi connectivity index (χ0v) is 15.2. The molecule has 24 heavy (non-hydrogen) atoms. The summed E-state index contributed by atoms with van der Waals surface area (Å²) in [6, 6.07) is 6.54. The van der Waals surface area contributed by atoms with E-state index in [1.807, 2.05) is 40.1 Å². The lowest BCUT2D eigenvalue weighted by Gasteiger charge is -2.27. The summed E-state index contributed by atoms with van der Waals surface area (Å²) in [6.07, 6.45) is 4.43. The average Bonchev–Trinajstić information content (AvgIpc) is 2.68. The van der Waals surface area contributed by atoms with Gasteiger partial charge in [0.05, 0.1) is 0 Å². The second kappa shape index (κ2) is 11.5. The van der Waals surface area contributed by atoms with Gasteiger partial charge < -0.3 is 10.2 Å². The van der Waals surface area contributed by atoms with Gasteiger partial charge in [-0.1, -0.05) is 39.8 Å². The van der Waals surface area contributed by atoms with Crippen molar-refractivity contribution in [1.82, 2.24) is 15.3 Å². The van der Waals surface area contributed by atoms with Gasteiger partial charge in [0, 0.05) is 45.0 Å². The molecule has 5 heteroatoms. The van der Waals surface area contributed by atoms with Crippen molar-refractivity contribution < 1.29 is 4.39 Å². The Kier molecular flexibility index (Phi) is 9.61. The highest BCUT2D eigenvalue weighted by Crippen LogP contribution is 2.12. The molecule has 0 unspecified atom stereocenters. The molecule has 2 aromatic rings. The number of halogens is 1. The van der Waals surface area contributed by atoms with Crippen LogP contribution in [0, 0.1) is 5.82 Å². The SMILES string of the molecule is CC.CC.Fc1ccc(Cc2cnc(N3CCNCC3)nc2)cc1. The number of piperazine rings is 1. The molecule has 0 radical (unpaired) electrons. The molecule has 132 valence electrons. The third-order valence-electron chi connectivity index (χ3n) is 3.41. The minimum atomic E-state index is -0.209. The Morgan fingerprint density at radius 3 is 2.00 bits per heavy atom. The Morgan fingerprint density at radius 1 is 0.917 bits per heavy atom. The summed E-state index contributed by atoms with van der Waals surface area (Å²) in [5.74, 6) is 0.577. The lowest BCUT2D eigenvalue weighted by Crippen LogP contribution is -2.44. The molecule has 0 atom stereocenters. The summed E-state index contributed by atoms with van der Waals surface area (Å²) in [5.41, 5.74) is 2.10. The Balaban J connectivity index is 0.000000671. The summed E-state index contributed by atoms with van der Waals surface area (Å²) < 4.78 is 12.8. The van der Waals surface area contributed by atoms with Gasteiger partial charge in [-0.15, -0.1) is 0 Å². The van der Waals surface area contributed by atoms with Gasteiger partial charge in [0.15, 0.2) is 0 Å². The van der Waals surface area contributed by atoms with Crippen molar-refractivity contribution in [2.75, 3.05) is 31.1 Å². The number of hydrogen-bond acceptors (Lipinski definition) is 4. The fourth-order valence-corrected chi connectivity index (χ4v) is 2.31. The molecule has 1 N–H and O–H groups in total. The van der Waals surface area contributed by atoms with Crippen molar-refractivity contribution in [3.63, 3.8) is 0 Å². The van der Waals surface area contributed by atoms with E-state index in [9.17, 15) is 4.39 Å². The van der Waals surface area contributed by atoms with Gasteiger partial charge in [-0.3, -0.25) is 0 Å². The molecule has 0 aliphatic carbocycles. The van der Waals surface area contributed by atoms with Crippen LogP contribution in [-0.4, -0.2) is 36.1 Å². The zero-order valence-electron chi connectivity index (χ0n) is 15.2. The molecule has 3 rings (SSSR count). The van der Waals surface area contributed by atoms with Crippen molar-refractivity contribution in [2.24, 2.45) is 0 Å². The van der Waals surface area contributed by atoms with Crippen molar-refractivity contribution in [3.05, 3.63) is 53.6 Å². The van der Waals surface area contributed by atoms with Crippen LogP contribution in [0.15, 0.2) is 36.7 Å². The summed E-state index contributed by atoms with van der Waals surface area (Å²) in [5, 5.41) is 3.31. The number of nitrogens with one attached hydrogen (secondary N) is 1. The first-order chi connectivity index (χ1) is 11.8. The van der Waals surface area contributed by atoms with Gasteiger partial charge in [-0.25, -0.2) is 14.4 Å². The highest BCUT2D eigenvalue weighted by atomic mass is 19.1. The molecule has 2 heterocycles. The molecular formula is C19H29FN4. The van der Waals surface area contributed by atoms with Crippen LogP contribution < -0.4 is 10.2 Å². The number of rotatable bonds is 3. The Labute approximate surface area is 145 Å². The van der Waals surface area contributed by atoms with E-state index < -0.39 is 0 Å². The van der Waals surface area contributed by atoms with Crippen LogP contribution in [0.25, 0.3) is 0 Å². The zero-order chi connectivity index (χ0) is 17.8. The minimum absolute atomic E-state index is 0.209. The van der Waals surface area contributed by atoms with Crippen LogP contribution in [0.5, 0.6) is 0 Å². The summed E-state index contributed by atoms with van der Waals surface area (Å²) in [6.45, 7) is 11.8. The molecular weight excluding hydrogens is 303 g/mol. The molecule has 0 amide bonds. The Morgan fingerprint density at radius 2 is 1.46 bits per heavy atom. The lowest BCUT2D eigenvalue weighted by molar-refractivity contribution is 0.579. The standard InChI is InChI=1S/C15H17FN4.2C2H6/c16-14-3-1-12(2-4-14)9-13-10-18-15(19-11-13)20-7-5-17-6-8-20;2*1-2/h1-4,10-11,17H,5-9H2;2*1-2H3. The van der Waals surface area contributed by atoms with Crippen molar-refractivity contribution in [1.29, 1.82) is 0 Å². The predicted octanol–water partition coefficient (Wildman–Crippen LogP) is 3.67. The van der Waals surface area contributed by atoms with E-state index in [2.05, 4.69) is 20.2 Å². The van der Waals surface area contributed by atoms with Gasteiger partial charge in [0.2, 0.25) is 5.95 Å². The number of benzene rings is 1. The smallest absolute Gasteiger partial charge is 0.225 e. The summed E-state index contributed by atoms with van der Waals surface area (Å²) in [4.78, 5) is 11.0. The molecule has 0 bridgehead atoms. The van der Waals surface area contributed by atoms with Crippen LogP contribution in [0.2, 0.25) is 0 Å². The van der Waals surface area contributed by atoms with E-state index in [1.54, 1.807) is 12.1 Å². The van der Waals surface area contributed by atoms with Crippen molar-refractivity contribution in [2.45, 2.75) is 34.1 Å². The summed E-state index contributed by atoms with van der Waals surface area (Å²) >= 11 is 0. The fourth-order valence-electron chi connectivity index (χ4n) is 2.31. The van der Waals surface area contributed by atoms with E-state index in [0.717, 1.165) is 49.7 Å². The molecule has 0 spiro atoms. The number of anilines is 1. The fraction of sp³-hybridized carbons (Fsp3) is 0.474. The molecule has 1 aromatic heterocycles. The maximum Gasteiger partial charge on any atom is 0.225 e. The minimum Gasteiger partial charge on any atom is -0.338 e. The number of hydrogen-bond donors (Lipinski definition) is 1. The normalized spacial score (nSPS) is 13.3. The van der Waals surface area contributed by atoms with Crippen molar-refractivity contribution >= 4 is 5.95 Å². The van der Waals surface area contributed by atoms with Gasteiger partial charge in [0.1, 0.15) is 5.82 Å². The first-order valence-corrected chi connectivity index (χ1v) is 8.82. The second-order valence-electron chi connectivity index (χ2n) is 4.93. The molecule has 1 fully saturated rings. The van der Waals surface area contributed by atoms with E-state index in [4.69, 9.17) is 0 Å². The van der Waals surface area contributed by atoms with E-state index in [-0.39, 0.29) is 5.82 Å². The van der Waals surface area contributed by atoms with E-state index >= 15 is 0 Å². The van der Waals surface area contributed by atoms with Gasteiger partial charge >= 0.3 is 0 Å². The quantitative estimate of drug-likeness (QED) is 0.931. The monoisotopic (exact) mass is 332 g/mol. The maximum atomic E-state index is 12.8. The van der Waals surface area contributed by atoms with Crippen LogP contribution >= 0.6 is 0 Å². The molecule has 1 aliphatic heterocycles. The molecule has 1 saturated heterocycles. The maximum absolute atomic E-state index is 12.8. The van der Waals surface area contributed by atoms with E-state index in [1.165, 1.54) is 12.1 Å². The highest BCUT2D eigenvalue weighted by molar-refractivity contribution is 5.32. The number of aromatic nitrogens is 2. The Hall–Kier alpha value is -2.01. The van der Waals surface area contributed by atoms with Gasteiger partial charge in [0.25, 0.3) is 0 Å². The largest absolute Gasteiger partial charge is 0.338 e. The molecule has 1 aliphatic rings. The first kappa shape index (κ1) is 20.0. The summed E-state index contributed by atoms with van der Waals surface area (Å²) in [7, 11) is 0. The number of nitrogens with zero attached hydrogens (tertiary/aromatic N) is 3. The molecule has 1 aromatic carbocycles. The average molecular weight is 332 g/mol. The van der Waals surface area contributed by atoms with Crippen LogP contribution in [-0.2, 0) is 6.42 Å². The van der Waals surface area contributed by atoms with Gasteiger partial charge in [-0.05, 0) is 23.3 Å². The highest BCUT2D eigenvalue weighted by Gasteiger charge is 2.12. The third kappa shape index (κ3) is 6.24.